The van der Waals surface area contributed by atoms with E-state index in [0.29, 0.717) is 12.1 Å². The van der Waals surface area contributed by atoms with Gasteiger partial charge in [0.1, 0.15) is 23.7 Å². The Morgan fingerprint density at radius 3 is 2.52 bits per heavy atom. The lowest BCUT2D eigenvalue weighted by Gasteiger charge is -2.40. The number of hydrogen-bond donors (Lipinski definition) is 1. The molecule has 1 aliphatic heterocycles. The van der Waals surface area contributed by atoms with Gasteiger partial charge in [-0.05, 0) is 26.0 Å². The van der Waals surface area contributed by atoms with E-state index in [9.17, 15) is 23.2 Å². The average Bonchev–Trinajstić information content (AvgIpc) is 2.37. The van der Waals surface area contributed by atoms with Crippen LogP contribution in [0.1, 0.15) is 24.2 Å². The number of carbonyl (C=O) groups is 3. The lowest BCUT2D eigenvalue weighted by Crippen LogP contribution is -2.65. The third-order valence-electron chi connectivity index (χ3n) is 3.27. The topological polar surface area (TPSA) is 66.5 Å². The molecule has 2 rings (SSSR count). The summed E-state index contributed by atoms with van der Waals surface area (Å²) in [5.41, 5.74) is -1.96. The minimum atomic E-state index is -1.37. The van der Waals surface area contributed by atoms with Crippen LogP contribution in [0.3, 0.4) is 0 Å². The number of nitrogens with zero attached hydrogens (tertiary/aromatic N) is 1. The number of imide groups is 1. The summed E-state index contributed by atoms with van der Waals surface area (Å²) >= 11 is 5.42. The molecule has 112 valence electrons. The van der Waals surface area contributed by atoms with E-state index in [2.05, 4.69) is 5.32 Å². The molecule has 1 aromatic carbocycles. The second kappa shape index (κ2) is 5.07. The van der Waals surface area contributed by atoms with Crippen molar-refractivity contribution in [2.24, 2.45) is 0 Å². The Balaban J connectivity index is 2.46. The van der Waals surface area contributed by atoms with E-state index in [1.807, 2.05) is 0 Å². The number of benzene rings is 1. The van der Waals surface area contributed by atoms with Crippen LogP contribution in [0.4, 0.5) is 8.78 Å². The maximum Gasteiger partial charge on any atom is 0.258 e. The molecule has 0 unspecified atom stereocenters. The second-order valence-electron chi connectivity index (χ2n) is 5.07. The third kappa shape index (κ3) is 2.61. The second-order valence-corrected chi connectivity index (χ2v) is 5.48. The number of rotatable bonds is 1. The van der Waals surface area contributed by atoms with Gasteiger partial charge in [-0.25, -0.2) is 8.78 Å². The van der Waals surface area contributed by atoms with Gasteiger partial charge in [0.2, 0.25) is 5.91 Å². The van der Waals surface area contributed by atoms with Gasteiger partial charge >= 0.3 is 0 Å². The predicted molar refractivity (Wildman–Crippen MR) is 69.6 cm³/mol. The molecule has 0 bridgehead atoms. The van der Waals surface area contributed by atoms with Crippen molar-refractivity contribution >= 4 is 29.3 Å². The van der Waals surface area contributed by atoms with Crippen molar-refractivity contribution in [2.45, 2.75) is 19.4 Å². The first-order valence-electron chi connectivity index (χ1n) is 5.95. The highest BCUT2D eigenvalue weighted by atomic mass is 35.5. The van der Waals surface area contributed by atoms with Crippen molar-refractivity contribution in [3.8, 4) is 0 Å². The highest BCUT2D eigenvalue weighted by Crippen LogP contribution is 2.25. The van der Waals surface area contributed by atoms with E-state index >= 15 is 0 Å². The van der Waals surface area contributed by atoms with Gasteiger partial charge in [0.15, 0.2) is 0 Å². The lowest BCUT2D eigenvalue weighted by molar-refractivity contribution is -0.143. The monoisotopic (exact) mass is 316 g/mol. The fourth-order valence-corrected chi connectivity index (χ4v) is 2.09. The molecule has 3 amide bonds. The van der Waals surface area contributed by atoms with Crippen LogP contribution in [0.2, 0.25) is 5.02 Å². The Labute approximate surface area is 123 Å². The molecule has 0 saturated carbocycles. The fraction of sp³-hybridized carbons (Fsp3) is 0.308. The van der Waals surface area contributed by atoms with Gasteiger partial charge in [-0.3, -0.25) is 19.7 Å². The maximum atomic E-state index is 13.8. The molecular formula is C13H11ClF2N2O3. The van der Waals surface area contributed by atoms with Crippen LogP contribution in [0.15, 0.2) is 12.1 Å². The summed E-state index contributed by atoms with van der Waals surface area (Å²) < 4.78 is 27.2. The molecule has 1 saturated heterocycles. The summed E-state index contributed by atoms with van der Waals surface area (Å²) in [5, 5.41) is 1.62. The minimum Gasteiger partial charge on any atom is -0.315 e. The van der Waals surface area contributed by atoms with E-state index in [1.165, 1.54) is 13.8 Å². The van der Waals surface area contributed by atoms with Crippen LogP contribution in [0.25, 0.3) is 0 Å². The first kappa shape index (κ1) is 15.4. The number of nitrogens with one attached hydrogen (secondary N) is 1. The zero-order chi connectivity index (χ0) is 15.9. The Kier molecular flexibility index (Phi) is 3.71. The molecule has 0 aromatic heterocycles. The highest BCUT2D eigenvalue weighted by molar-refractivity contribution is 6.30. The van der Waals surface area contributed by atoms with Crippen molar-refractivity contribution in [2.75, 3.05) is 6.54 Å². The van der Waals surface area contributed by atoms with Gasteiger partial charge in [-0.1, -0.05) is 11.6 Å². The van der Waals surface area contributed by atoms with Gasteiger partial charge in [0, 0.05) is 0 Å². The SMILES string of the molecule is CC1(C)C(=O)NC(=O)CN1C(=O)c1cc(F)c(Cl)cc1F. The van der Waals surface area contributed by atoms with Crippen LogP contribution in [0, 0.1) is 11.6 Å². The van der Waals surface area contributed by atoms with Crippen molar-refractivity contribution in [1.29, 1.82) is 0 Å². The van der Waals surface area contributed by atoms with E-state index in [-0.39, 0.29) is 0 Å². The molecule has 1 aliphatic rings. The number of piperazine rings is 1. The normalized spacial score (nSPS) is 17.7. The van der Waals surface area contributed by atoms with Crippen LogP contribution >= 0.6 is 11.6 Å². The molecule has 21 heavy (non-hydrogen) atoms. The largest absolute Gasteiger partial charge is 0.315 e. The standard InChI is InChI=1S/C13H11ClF2N2O3/c1-13(2)12(21)17-10(19)5-18(13)11(20)6-3-9(16)7(14)4-8(6)15/h3-4H,5H2,1-2H3,(H,17,19,21). The summed E-state index contributed by atoms with van der Waals surface area (Å²) in [4.78, 5) is 36.4. The number of amides is 3. The number of carbonyl (C=O) groups excluding carboxylic acids is 3. The van der Waals surface area contributed by atoms with Crippen LogP contribution in [-0.2, 0) is 9.59 Å². The van der Waals surface area contributed by atoms with Gasteiger partial charge in [0.05, 0.1) is 10.6 Å². The molecule has 1 aromatic rings. The van der Waals surface area contributed by atoms with E-state index < -0.39 is 52.0 Å². The summed E-state index contributed by atoms with van der Waals surface area (Å²) in [6, 6.07) is 1.32. The van der Waals surface area contributed by atoms with Crippen molar-refractivity contribution in [1.82, 2.24) is 10.2 Å². The molecule has 0 aliphatic carbocycles. The van der Waals surface area contributed by atoms with Crippen molar-refractivity contribution < 1.29 is 23.2 Å². The molecule has 8 heteroatoms. The van der Waals surface area contributed by atoms with Crippen molar-refractivity contribution in [3.63, 3.8) is 0 Å². The molecule has 5 nitrogen and oxygen atoms in total. The number of halogens is 3. The molecular weight excluding hydrogens is 306 g/mol. The molecule has 0 radical (unpaired) electrons. The summed E-state index contributed by atoms with van der Waals surface area (Å²) in [7, 11) is 0. The molecule has 1 fully saturated rings. The Hall–Kier alpha value is -2.02. The number of hydrogen-bond acceptors (Lipinski definition) is 3. The van der Waals surface area contributed by atoms with E-state index in [4.69, 9.17) is 11.6 Å². The van der Waals surface area contributed by atoms with E-state index in [1.54, 1.807) is 0 Å². The average molecular weight is 317 g/mol. The van der Waals surface area contributed by atoms with Crippen molar-refractivity contribution in [3.05, 3.63) is 34.4 Å². The van der Waals surface area contributed by atoms with Gasteiger partial charge in [-0.2, -0.15) is 0 Å². The zero-order valence-electron chi connectivity index (χ0n) is 11.2. The maximum absolute atomic E-state index is 13.8. The highest BCUT2D eigenvalue weighted by Gasteiger charge is 2.44. The zero-order valence-corrected chi connectivity index (χ0v) is 11.9. The first-order valence-corrected chi connectivity index (χ1v) is 6.33. The van der Waals surface area contributed by atoms with Crippen LogP contribution in [0.5, 0.6) is 0 Å². The smallest absolute Gasteiger partial charge is 0.258 e. The molecule has 1 N–H and O–H groups in total. The third-order valence-corrected chi connectivity index (χ3v) is 3.56. The van der Waals surface area contributed by atoms with Gasteiger partial charge in [-0.15, -0.1) is 0 Å². The summed E-state index contributed by atoms with van der Waals surface area (Å²) in [6.45, 7) is 2.37. The minimum absolute atomic E-state index is 0.429. The lowest BCUT2D eigenvalue weighted by atomic mass is 9.97. The first-order chi connectivity index (χ1) is 9.64. The summed E-state index contributed by atoms with van der Waals surface area (Å²) in [6.07, 6.45) is 0. The van der Waals surface area contributed by atoms with Gasteiger partial charge in [0.25, 0.3) is 11.8 Å². The molecule has 0 spiro atoms. The Bertz CT molecular complexity index is 661. The quantitative estimate of drug-likeness (QED) is 0.630. The molecule has 0 atom stereocenters. The van der Waals surface area contributed by atoms with Crippen LogP contribution in [-0.4, -0.2) is 34.7 Å². The Morgan fingerprint density at radius 1 is 1.29 bits per heavy atom. The molecule has 1 heterocycles. The van der Waals surface area contributed by atoms with Crippen LogP contribution < -0.4 is 5.32 Å². The van der Waals surface area contributed by atoms with E-state index in [0.717, 1.165) is 4.90 Å². The van der Waals surface area contributed by atoms with Gasteiger partial charge < -0.3 is 4.90 Å². The Morgan fingerprint density at radius 2 is 1.90 bits per heavy atom. The fourth-order valence-electron chi connectivity index (χ4n) is 1.94. The predicted octanol–water partition coefficient (Wildman–Crippen LogP) is 1.50. The summed E-state index contributed by atoms with van der Waals surface area (Å²) in [5.74, 6) is -4.34.